The van der Waals surface area contributed by atoms with Crippen LogP contribution in [0.1, 0.15) is 40.0 Å². The first kappa shape index (κ1) is 13.0. The van der Waals surface area contributed by atoms with Crippen molar-refractivity contribution >= 4 is 0 Å². The Balaban J connectivity index is 2.44. The minimum atomic E-state index is 0.530. The van der Waals surface area contributed by atoms with Gasteiger partial charge in [0.05, 0.1) is 0 Å². The molecule has 0 bridgehead atoms. The summed E-state index contributed by atoms with van der Waals surface area (Å²) in [5.74, 6) is 0.788. The number of hydrogen-bond donors (Lipinski definition) is 1. The van der Waals surface area contributed by atoms with Crippen LogP contribution in [0.3, 0.4) is 0 Å². The molecule has 0 amide bonds. The van der Waals surface area contributed by atoms with E-state index in [-0.39, 0.29) is 0 Å². The summed E-state index contributed by atoms with van der Waals surface area (Å²) in [6.45, 7) is 12.0. The van der Waals surface area contributed by atoms with Gasteiger partial charge in [-0.3, -0.25) is 0 Å². The van der Waals surface area contributed by atoms with E-state index in [1.54, 1.807) is 0 Å². The normalized spacial score (nSPS) is 26.8. The Morgan fingerprint density at radius 3 is 2.60 bits per heavy atom. The van der Waals surface area contributed by atoms with E-state index in [9.17, 15) is 0 Å². The van der Waals surface area contributed by atoms with Crippen molar-refractivity contribution in [2.45, 2.75) is 40.0 Å². The second-order valence-electron chi connectivity index (χ2n) is 5.54. The number of unbranched alkanes of at least 4 members (excludes halogenated alkanes) is 1. The van der Waals surface area contributed by atoms with Gasteiger partial charge in [-0.05, 0) is 44.3 Å². The molecule has 1 N–H and O–H groups in total. The molecule has 1 fully saturated rings. The Morgan fingerprint density at radius 2 is 2.13 bits per heavy atom. The molecule has 1 heterocycles. The third kappa shape index (κ3) is 3.46. The maximum Gasteiger partial charge on any atom is 0.00500 e. The molecule has 1 unspecified atom stereocenters. The first-order chi connectivity index (χ1) is 7.10. The van der Waals surface area contributed by atoms with Gasteiger partial charge in [-0.25, -0.2) is 0 Å². The fraction of sp³-hybridized carbons (Fsp3) is 1.00. The first-order valence-corrected chi connectivity index (χ1v) is 6.50. The molecule has 0 aliphatic carbocycles. The Bertz CT molecular complexity index is 171. The second kappa shape index (κ2) is 5.86. The molecule has 1 aliphatic rings. The highest BCUT2D eigenvalue weighted by Crippen LogP contribution is 2.34. The van der Waals surface area contributed by atoms with Crippen molar-refractivity contribution in [2.75, 3.05) is 33.2 Å². The first-order valence-electron chi connectivity index (χ1n) is 6.50. The van der Waals surface area contributed by atoms with Crippen molar-refractivity contribution in [1.82, 2.24) is 10.2 Å². The highest BCUT2D eigenvalue weighted by Gasteiger charge is 2.37. The molecule has 1 atom stereocenters. The van der Waals surface area contributed by atoms with Crippen LogP contribution in [-0.4, -0.2) is 38.1 Å². The van der Waals surface area contributed by atoms with Crippen LogP contribution < -0.4 is 5.32 Å². The number of nitrogens with zero attached hydrogens (tertiary/aromatic N) is 1. The zero-order chi connectivity index (χ0) is 11.3. The van der Waals surface area contributed by atoms with E-state index in [1.165, 1.54) is 45.4 Å². The van der Waals surface area contributed by atoms with E-state index in [4.69, 9.17) is 0 Å². The van der Waals surface area contributed by atoms with Crippen LogP contribution in [0.4, 0.5) is 0 Å². The summed E-state index contributed by atoms with van der Waals surface area (Å²) >= 11 is 0. The van der Waals surface area contributed by atoms with Crippen molar-refractivity contribution in [3.8, 4) is 0 Å². The van der Waals surface area contributed by atoms with E-state index in [0.717, 1.165) is 5.92 Å². The molecule has 1 rings (SSSR count). The van der Waals surface area contributed by atoms with Crippen molar-refractivity contribution in [3.05, 3.63) is 0 Å². The van der Waals surface area contributed by atoms with Crippen LogP contribution in [0.2, 0.25) is 0 Å². The molecular weight excluding hydrogens is 184 g/mol. The molecule has 15 heavy (non-hydrogen) atoms. The molecule has 0 saturated carbocycles. The molecule has 0 spiro atoms. The van der Waals surface area contributed by atoms with Crippen LogP contribution >= 0.6 is 0 Å². The highest BCUT2D eigenvalue weighted by atomic mass is 15.1. The SMILES string of the molecule is CCCCN(C)CC1(C(C)C)CCNC1. The Hall–Kier alpha value is -0.0800. The lowest BCUT2D eigenvalue weighted by atomic mass is 9.76. The second-order valence-corrected chi connectivity index (χ2v) is 5.54. The van der Waals surface area contributed by atoms with Crippen LogP contribution in [-0.2, 0) is 0 Å². The summed E-state index contributed by atoms with van der Waals surface area (Å²) in [5.41, 5.74) is 0.530. The summed E-state index contributed by atoms with van der Waals surface area (Å²) < 4.78 is 0. The number of nitrogens with one attached hydrogen (secondary N) is 1. The number of hydrogen-bond acceptors (Lipinski definition) is 2. The molecule has 0 radical (unpaired) electrons. The van der Waals surface area contributed by atoms with E-state index in [1.807, 2.05) is 0 Å². The lowest BCUT2D eigenvalue weighted by molar-refractivity contribution is 0.135. The lowest BCUT2D eigenvalue weighted by Gasteiger charge is -2.36. The number of rotatable bonds is 6. The summed E-state index contributed by atoms with van der Waals surface area (Å²) in [6.07, 6.45) is 3.98. The van der Waals surface area contributed by atoms with Crippen molar-refractivity contribution in [2.24, 2.45) is 11.3 Å². The molecular formula is C13H28N2. The van der Waals surface area contributed by atoms with E-state index in [0.29, 0.717) is 5.41 Å². The zero-order valence-corrected chi connectivity index (χ0v) is 11.0. The predicted octanol–water partition coefficient (Wildman–Crippen LogP) is 2.35. The fourth-order valence-electron chi connectivity index (χ4n) is 2.62. The van der Waals surface area contributed by atoms with Gasteiger partial charge >= 0.3 is 0 Å². The maximum atomic E-state index is 3.53. The van der Waals surface area contributed by atoms with Gasteiger partial charge in [0.25, 0.3) is 0 Å². The molecule has 0 aromatic heterocycles. The monoisotopic (exact) mass is 212 g/mol. The minimum Gasteiger partial charge on any atom is -0.316 e. The molecule has 0 aromatic rings. The molecule has 90 valence electrons. The Morgan fingerprint density at radius 1 is 1.40 bits per heavy atom. The maximum absolute atomic E-state index is 3.53. The summed E-state index contributed by atoms with van der Waals surface area (Å²) in [6, 6.07) is 0. The van der Waals surface area contributed by atoms with E-state index in [2.05, 4.69) is 38.0 Å². The molecule has 0 aromatic carbocycles. The van der Waals surface area contributed by atoms with Gasteiger partial charge in [-0.2, -0.15) is 0 Å². The van der Waals surface area contributed by atoms with Crippen LogP contribution in [0.25, 0.3) is 0 Å². The predicted molar refractivity (Wildman–Crippen MR) is 67.2 cm³/mol. The van der Waals surface area contributed by atoms with Crippen molar-refractivity contribution in [1.29, 1.82) is 0 Å². The topological polar surface area (TPSA) is 15.3 Å². The van der Waals surface area contributed by atoms with Crippen LogP contribution in [0.5, 0.6) is 0 Å². The molecule has 1 aliphatic heterocycles. The van der Waals surface area contributed by atoms with E-state index >= 15 is 0 Å². The third-order valence-electron chi connectivity index (χ3n) is 3.98. The Kier molecular flexibility index (Phi) is 5.07. The largest absolute Gasteiger partial charge is 0.316 e. The van der Waals surface area contributed by atoms with Gasteiger partial charge in [0, 0.05) is 13.1 Å². The van der Waals surface area contributed by atoms with Crippen LogP contribution in [0, 0.1) is 11.3 Å². The summed E-state index contributed by atoms with van der Waals surface area (Å²) in [4.78, 5) is 2.52. The quantitative estimate of drug-likeness (QED) is 0.727. The van der Waals surface area contributed by atoms with Gasteiger partial charge < -0.3 is 10.2 Å². The lowest BCUT2D eigenvalue weighted by Crippen LogP contribution is -2.41. The van der Waals surface area contributed by atoms with Gasteiger partial charge in [0.1, 0.15) is 0 Å². The molecule has 1 saturated heterocycles. The summed E-state index contributed by atoms with van der Waals surface area (Å²) in [5, 5.41) is 3.53. The van der Waals surface area contributed by atoms with Gasteiger partial charge in [0.15, 0.2) is 0 Å². The fourth-order valence-corrected chi connectivity index (χ4v) is 2.62. The third-order valence-corrected chi connectivity index (χ3v) is 3.98. The average molecular weight is 212 g/mol. The van der Waals surface area contributed by atoms with Crippen molar-refractivity contribution < 1.29 is 0 Å². The van der Waals surface area contributed by atoms with Gasteiger partial charge in [-0.15, -0.1) is 0 Å². The zero-order valence-electron chi connectivity index (χ0n) is 11.0. The minimum absolute atomic E-state index is 0.530. The summed E-state index contributed by atoms with van der Waals surface area (Å²) in [7, 11) is 2.28. The van der Waals surface area contributed by atoms with Gasteiger partial charge in [0.2, 0.25) is 0 Å². The highest BCUT2D eigenvalue weighted by molar-refractivity contribution is 4.92. The van der Waals surface area contributed by atoms with E-state index < -0.39 is 0 Å². The van der Waals surface area contributed by atoms with Crippen molar-refractivity contribution in [3.63, 3.8) is 0 Å². The smallest absolute Gasteiger partial charge is 0.00500 e. The average Bonchev–Trinajstić information content (AvgIpc) is 2.64. The molecule has 2 heteroatoms. The molecule has 2 nitrogen and oxygen atoms in total. The van der Waals surface area contributed by atoms with Gasteiger partial charge in [-0.1, -0.05) is 27.2 Å². The Labute approximate surface area is 95.4 Å². The standard InChI is InChI=1S/C13H28N2/c1-5-6-9-15(4)11-13(12(2)3)7-8-14-10-13/h12,14H,5-11H2,1-4H3. The van der Waals surface area contributed by atoms with Crippen LogP contribution in [0.15, 0.2) is 0 Å².